The molecule has 0 radical (unpaired) electrons. The summed E-state index contributed by atoms with van der Waals surface area (Å²) in [4.78, 5) is 13.2. The summed E-state index contributed by atoms with van der Waals surface area (Å²) in [6, 6.07) is 7.70. The van der Waals surface area contributed by atoms with Gasteiger partial charge in [0.1, 0.15) is 11.3 Å². The second kappa shape index (κ2) is 5.87. The minimum absolute atomic E-state index is 0.590. The van der Waals surface area contributed by atoms with E-state index in [4.69, 9.17) is 4.74 Å². The van der Waals surface area contributed by atoms with Gasteiger partial charge in [0.15, 0.2) is 0 Å². The molecule has 4 heteroatoms. The average Bonchev–Trinajstić information content (AvgIpc) is 2.35. The number of hydrogen-bond donors (Lipinski definition) is 1. The third kappa shape index (κ3) is 3.23. The molecule has 0 amide bonds. The van der Waals surface area contributed by atoms with E-state index in [1.165, 1.54) is 0 Å². The fourth-order valence-corrected chi connectivity index (χ4v) is 1.83. The zero-order valence-corrected chi connectivity index (χ0v) is 11.4. The lowest BCUT2D eigenvalue weighted by atomic mass is 10.0. The second-order valence-electron chi connectivity index (χ2n) is 4.73. The summed E-state index contributed by atoms with van der Waals surface area (Å²) in [7, 11) is 1.62. The van der Waals surface area contributed by atoms with Gasteiger partial charge in [-0.25, -0.2) is 0 Å². The molecule has 0 aliphatic carbocycles. The van der Waals surface area contributed by atoms with E-state index in [0.29, 0.717) is 13.1 Å². The van der Waals surface area contributed by atoms with Gasteiger partial charge in [-0.3, -0.25) is 9.69 Å². The molecule has 0 unspecified atom stereocenters. The van der Waals surface area contributed by atoms with Gasteiger partial charge in [0.25, 0.3) is 0 Å². The molecule has 0 atom stereocenters. The van der Waals surface area contributed by atoms with E-state index in [2.05, 4.69) is 0 Å². The Morgan fingerprint density at radius 2 is 2.11 bits per heavy atom. The Balaban J connectivity index is 2.89. The maximum absolute atomic E-state index is 11.3. The van der Waals surface area contributed by atoms with E-state index < -0.39 is 11.5 Å². The van der Waals surface area contributed by atoms with Crippen molar-refractivity contribution in [3.05, 3.63) is 29.8 Å². The van der Waals surface area contributed by atoms with Crippen molar-refractivity contribution in [1.82, 2.24) is 4.90 Å². The number of hydrogen-bond acceptors (Lipinski definition) is 3. The van der Waals surface area contributed by atoms with Gasteiger partial charge in [-0.05, 0) is 38.1 Å². The fourth-order valence-electron chi connectivity index (χ4n) is 1.83. The van der Waals surface area contributed by atoms with Crippen LogP contribution in [0, 0.1) is 0 Å². The number of aliphatic carboxylic acids is 1. The van der Waals surface area contributed by atoms with E-state index in [9.17, 15) is 9.90 Å². The molecule has 1 N–H and O–H groups in total. The van der Waals surface area contributed by atoms with E-state index >= 15 is 0 Å². The maximum atomic E-state index is 11.3. The molecule has 0 heterocycles. The van der Waals surface area contributed by atoms with E-state index in [1.54, 1.807) is 21.0 Å². The molecule has 4 nitrogen and oxygen atoms in total. The van der Waals surface area contributed by atoms with Crippen LogP contribution in [0.1, 0.15) is 26.3 Å². The van der Waals surface area contributed by atoms with Crippen LogP contribution in [0.5, 0.6) is 5.75 Å². The van der Waals surface area contributed by atoms with Gasteiger partial charge in [0.2, 0.25) is 0 Å². The third-order valence-electron chi connectivity index (χ3n) is 3.20. The number of nitrogens with zero attached hydrogens (tertiary/aromatic N) is 1. The van der Waals surface area contributed by atoms with Crippen LogP contribution in [0.4, 0.5) is 0 Å². The van der Waals surface area contributed by atoms with Crippen molar-refractivity contribution in [2.75, 3.05) is 13.7 Å². The van der Waals surface area contributed by atoms with E-state index in [0.717, 1.165) is 11.3 Å². The normalized spacial score (nSPS) is 11.6. The fraction of sp³-hybridized carbons (Fsp3) is 0.500. The van der Waals surface area contributed by atoms with Gasteiger partial charge >= 0.3 is 5.97 Å². The molecule has 0 aliphatic heterocycles. The minimum Gasteiger partial charge on any atom is -0.497 e. The predicted molar refractivity (Wildman–Crippen MR) is 70.8 cm³/mol. The van der Waals surface area contributed by atoms with Gasteiger partial charge in [0.05, 0.1) is 7.11 Å². The molecule has 1 aromatic carbocycles. The highest BCUT2D eigenvalue weighted by Gasteiger charge is 2.33. The summed E-state index contributed by atoms with van der Waals surface area (Å²) in [5, 5.41) is 9.26. The number of carbonyl (C=O) groups is 1. The minimum atomic E-state index is -0.877. The Morgan fingerprint density at radius 1 is 1.44 bits per heavy atom. The van der Waals surface area contributed by atoms with Crippen molar-refractivity contribution in [3.8, 4) is 5.75 Å². The Labute approximate surface area is 108 Å². The number of likely N-dealkylation sites (N-methyl/N-ethyl adjacent to an activating group) is 1. The third-order valence-corrected chi connectivity index (χ3v) is 3.20. The van der Waals surface area contributed by atoms with Gasteiger partial charge in [-0.1, -0.05) is 19.1 Å². The number of carboxylic acid groups (broad SMARTS) is 1. The molecule has 0 bridgehead atoms. The molecule has 0 spiro atoms. The van der Waals surface area contributed by atoms with Crippen molar-refractivity contribution in [2.24, 2.45) is 0 Å². The van der Waals surface area contributed by atoms with Crippen LogP contribution in [0.2, 0.25) is 0 Å². The SMILES string of the molecule is CCN(Cc1cccc(OC)c1)C(C)(C)C(=O)O. The summed E-state index contributed by atoms with van der Waals surface area (Å²) < 4.78 is 5.17. The first-order valence-electron chi connectivity index (χ1n) is 6.03. The first-order chi connectivity index (χ1) is 8.41. The van der Waals surface area contributed by atoms with E-state index in [1.807, 2.05) is 36.1 Å². The Morgan fingerprint density at radius 3 is 2.61 bits per heavy atom. The predicted octanol–water partition coefficient (Wildman–Crippen LogP) is 2.38. The molecular formula is C14H21NO3. The highest BCUT2D eigenvalue weighted by molar-refractivity contribution is 5.77. The number of benzene rings is 1. The number of rotatable bonds is 6. The first kappa shape index (κ1) is 14.5. The molecular weight excluding hydrogens is 230 g/mol. The lowest BCUT2D eigenvalue weighted by Crippen LogP contribution is -2.49. The zero-order chi connectivity index (χ0) is 13.8. The van der Waals surface area contributed by atoms with Crippen LogP contribution in [-0.4, -0.2) is 35.2 Å². The molecule has 1 rings (SSSR count). The van der Waals surface area contributed by atoms with Gasteiger partial charge in [-0.15, -0.1) is 0 Å². The van der Waals surface area contributed by atoms with Crippen LogP contribution in [0.25, 0.3) is 0 Å². The summed E-state index contributed by atoms with van der Waals surface area (Å²) in [5.41, 5.74) is 0.170. The van der Waals surface area contributed by atoms with Gasteiger partial charge in [-0.2, -0.15) is 0 Å². The van der Waals surface area contributed by atoms with Crippen molar-refractivity contribution in [2.45, 2.75) is 32.9 Å². The molecule has 0 fully saturated rings. The highest BCUT2D eigenvalue weighted by atomic mass is 16.5. The monoisotopic (exact) mass is 251 g/mol. The number of carboxylic acids is 1. The van der Waals surface area contributed by atoms with Crippen LogP contribution in [0.15, 0.2) is 24.3 Å². The first-order valence-corrected chi connectivity index (χ1v) is 6.03. The van der Waals surface area contributed by atoms with Crippen molar-refractivity contribution >= 4 is 5.97 Å². The number of methoxy groups -OCH3 is 1. The maximum Gasteiger partial charge on any atom is 0.323 e. The zero-order valence-electron chi connectivity index (χ0n) is 11.4. The van der Waals surface area contributed by atoms with Crippen LogP contribution in [0.3, 0.4) is 0 Å². The van der Waals surface area contributed by atoms with Crippen LogP contribution in [-0.2, 0) is 11.3 Å². The number of ether oxygens (including phenoxy) is 1. The van der Waals surface area contributed by atoms with Crippen molar-refractivity contribution in [1.29, 1.82) is 0 Å². The summed E-state index contributed by atoms with van der Waals surface area (Å²) in [6.45, 7) is 6.67. The lowest BCUT2D eigenvalue weighted by molar-refractivity contribution is -0.149. The molecule has 0 aromatic heterocycles. The standard InChI is InChI=1S/C14H21NO3/c1-5-15(14(2,3)13(16)17)10-11-7-6-8-12(9-11)18-4/h6-9H,5,10H2,1-4H3,(H,16,17). The Bertz CT molecular complexity index is 415. The van der Waals surface area contributed by atoms with Crippen molar-refractivity contribution < 1.29 is 14.6 Å². The average molecular weight is 251 g/mol. The van der Waals surface area contributed by atoms with Gasteiger partial charge in [0, 0.05) is 6.54 Å². The quantitative estimate of drug-likeness (QED) is 0.843. The molecule has 1 aromatic rings. The van der Waals surface area contributed by atoms with Crippen LogP contribution < -0.4 is 4.74 Å². The van der Waals surface area contributed by atoms with E-state index in [-0.39, 0.29) is 0 Å². The largest absolute Gasteiger partial charge is 0.497 e. The lowest BCUT2D eigenvalue weighted by Gasteiger charge is -2.34. The second-order valence-corrected chi connectivity index (χ2v) is 4.73. The summed E-state index contributed by atoms with van der Waals surface area (Å²) in [6.07, 6.45) is 0. The summed E-state index contributed by atoms with van der Waals surface area (Å²) in [5.74, 6) is -0.0241. The molecule has 0 aliphatic rings. The molecule has 18 heavy (non-hydrogen) atoms. The topological polar surface area (TPSA) is 49.8 Å². The Hall–Kier alpha value is -1.55. The smallest absolute Gasteiger partial charge is 0.323 e. The van der Waals surface area contributed by atoms with Gasteiger partial charge < -0.3 is 9.84 Å². The highest BCUT2D eigenvalue weighted by Crippen LogP contribution is 2.20. The van der Waals surface area contributed by atoms with Crippen molar-refractivity contribution in [3.63, 3.8) is 0 Å². The molecule has 100 valence electrons. The van der Waals surface area contributed by atoms with Crippen LogP contribution >= 0.6 is 0 Å². The Kier molecular flexibility index (Phi) is 4.73. The molecule has 0 saturated heterocycles. The molecule has 0 saturated carbocycles. The summed E-state index contributed by atoms with van der Waals surface area (Å²) >= 11 is 0.